The van der Waals surface area contributed by atoms with Crippen LogP contribution in [0.5, 0.6) is 0 Å². The fraction of sp³-hybridized carbons (Fsp3) is 0.652. The summed E-state index contributed by atoms with van der Waals surface area (Å²) < 4.78 is 0. The Hall–Kier alpha value is -1.84. The highest BCUT2D eigenvalue weighted by Crippen LogP contribution is 2.36. The zero-order chi connectivity index (χ0) is 18.6. The van der Waals surface area contributed by atoms with E-state index in [0.29, 0.717) is 12.0 Å². The number of anilines is 1. The lowest BCUT2D eigenvalue weighted by Crippen LogP contribution is -2.49. The van der Waals surface area contributed by atoms with Gasteiger partial charge in [-0.2, -0.15) is 0 Å². The van der Waals surface area contributed by atoms with Gasteiger partial charge in [-0.1, -0.05) is 32.1 Å². The molecule has 3 aliphatic rings. The number of carbonyl (C=O) groups excluding carboxylic acids is 2. The van der Waals surface area contributed by atoms with E-state index in [1.165, 1.54) is 32.1 Å². The number of fused-ring (bicyclic) bond motifs is 1. The van der Waals surface area contributed by atoms with E-state index in [1.54, 1.807) is 0 Å². The van der Waals surface area contributed by atoms with Crippen LogP contribution >= 0.6 is 0 Å². The summed E-state index contributed by atoms with van der Waals surface area (Å²) >= 11 is 0. The summed E-state index contributed by atoms with van der Waals surface area (Å²) in [5.41, 5.74) is 1.55. The van der Waals surface area contributed by atoms with Gasteiger partial charge in [-0.25, -0.2) is 0 Å². The summed E-state index contributed by atoms with van der Waals surface area (Å²) in [5.74, 6) is 1.15. The maximum absolute atomic E-state index is 13.1. The zero-order valence-electron chi connectivity index (χ0n) is 16.3. The van der Waals surface area contributed by atoms with Gasteiger partial charge in [-0.05, 0) is 68.7 Å². The Morgan fingerprint density at radius 2 is 1.48 bits per heavy atom. The molecule has 4 heteroatoms. The molecular formula is C23H32N2O2. The molecule has 1 aromatic carbocycles. The first-order chi connectivity index (χ1) is 13.2. The molecule has 2 saturated carbocycles. The minimum absolute atomic E-state index is 0.134. The molecule has 0 unspecified atom stereocenters. The van der Waals surface area contributed by atoms with Gasteiger partial charge >= 0.3 is 0 Å². The van der Waals surface area contributed by atoms with Crippen LogP contribution in [0.15, 0.2) is 24.3 Å². The van der Waals surface area contributed by atoms with Crippen molar-refractivity contribution in [3.63, 3.8) is 0 Å². The topological polar surface area (TPSA) is 49.4 Å². The molecule has 0 bridgehead atoms. The zero-order valence-corrected chi connectivity index (χ0v) is 16.3. The molecule has 0 radical (unpaired) electrons. The Bertz CT molecular complexity index is 661. The SMILES string of the molecule is O=C(Nc1ccc(C(=O)N2CCC[C@H]3CCCC[C@@H]32)cc1)C1CCCCC1. The molecule has 1 heterocycles. The molecule has 1 aromatic rings. The smallest absolute Gasteiger partial charge is 0.254 e. The first-order valence-corrected chi connectivity index (χ1v) is 10.9. The van der Waals surface area contributed by atoms with Crippen molar-refractivity contribution in [1.82, 2.24) is 4.90 Å². The average molecular weight is 369 g/mol. The predicted molar refractivity (Wildman–Crippen MR) is 108 cm³/mol. The van der Waals surface area contributed by atoms with E-state index in [-0.39, 0.29) is 17.7 Å². The van der Waals surface area contributed by atoms with Crippen molar-refractivity contribution < 1.29 is 9.59 Å². The molecule has 4 rings (SSSR count). The minimum atomic E-state index is 0.134. The van der Waals surface area contributed by atoms with Crippen molar-refractivity contribution in [2.45, 2.75) is 76.7 Å². The van der Waals surface area contributed by atoms with Gasteiger partial charge < -0.3 is 10.2 Å². The summed E-state index contributed by atoms with van der Waals surface area (Å²) in [6.45, 7) is 0.889. The van der Waals surface area contributed by atoms with Gasteiger partial charge in [0.05, 0.1) is 0 Å². The third kappa shape index (κ3) is 4.20. The Morgan fingerprint density at radius 1 is 0.815 bits per heavy atom. The number of hydrogen-bond acceptors (Lipinski definition) is 2. The van der Waals surface area contributed by atoms with Crippen molar-refractivity contribution in [2.75, 3.05) is 11.9 Å². The van der Waals surface area contributed by atoms with Crippen molar-refractivity contribution in [2.24, 2.45) is 11.8 Å². The molecule has 2 aliphatic carbocycles. The molecular weight excluding hydrogens is 336 g/mol. The number of carbonyl (C=O) groups is 2. The fourth-order valence-electron chi connectivity index (χ4n) is 5.35. The molecule has 0 aromatic heterocycles. The number of rotatable bonds is 3. The van der Waals surface area contributed by atoms with E-state index in [9.17, 15) is 9.59 Å². The van der Waals surface area contributed by atoms with E-state index >= 15 is 0 Å². The molecule has 2 amide bonds. The van der Waals surface area contributed by atoms with E-state index < -0.39 is 0 Å². The molecule has 4 nitrogen and oxygen atoms in total. The number of piperidine rings is 1. The monoisotopic (exact) mass is 368 g/mol. The first-order valence-electron chi connectivity index (χ1n) is 10.9. The molecule has 0 spiro atoms. The molecule has 1 aliphatic heterocycles. The Labute approximate surface area is 162 Å². The van der Waals surface area contributed by atoms with Crippen molar-refractivity contribution in [3.05, 3.63) is 29.8 Å². The van der Waals surface area contributed by atoms with Crippen LogP contribution in [0.25, 0.3) is 0 Å². The number of hydrogen-bond donors (Lipinski definition) is 1. The third-order valence-corrected chi connectivity index (χ3v) is 6.88. The van der Waals surface area contributed by atoms with Crippen LogP contribution in [-0.2, 0) is 4.79 Å². The predicted octanol–water partition coefficient (Wildman–Crippen LogP) is 5.00. The Morgan fingerprint density at radius 3 is 2.26 bits per heavy atom. The molecule has 3 fully saturated rings. The maximum Gasteiger partial charge on any atom is 0.254 e. The van der Waals surface area contributed by atoms with Crippen LogP contribution in [0.2, 0.25) is 0 Å². The second-order valence-electron chi connectivity index (χ2n) is 8.65. The first kappa shape index (κ1) is 18.5. The Balaban J connectivity index is 1.39. The quantitative estimate of drug-likeness (QED) is 0.816. The van der Waals surface area contributed by atoms with Crippen LogP contribution in [0.3, 0.4) is 0 Å². The number of amides is 2. The average Bonchev–Trinajstić information content (AvgIpc) is 2.74. The molecule has 1 N–H and O–H groups in total. The number of likely N-dealkylation sites (tertiary alicyclic amines) is 1. The summed E-state index contributed by atoms with van der Waals surface area (Å²) in [6, 6.07) is 7.97. The third-order valence-electron chi connectivity index (χ3n) is 6.88. The second kappa shape index (κ2) is 8.45. The minimum Gasteiger partial charge on any atom is -0.335 e. The van der Waals surface area contributed by atoms with Crippen molar-refractivity contribution >= 4 is 17.5 Å². The molecule has 2 atom stereocenters. The molecule has 27 heavy (non-hydrogen) atoms. The van der Waals surface area contributed by atoms with Gasteiger partial charge in [-0.3, -0.25) is 9.59 Å². The van der Waals surface area contributed by atoms with Crippen LogP contribution < -0.4 is 5.32 Å². The van der Waals surface area contributed by atoms with Gasteiger partial charge in [0.25, 0.3) is 5.91 Å². The maximum atomic E-state index is 13.1. The fourth-order valence-corrected chi connectivity index (χ4v) is 5.35. The van der Waals surface area contributed by atoms with Gasteiger partial charge in [0.2, 0.25) is 5.91 Å². The van der Waals surface area contributed by atoms with Crippen LogP contribution in [0.4, 0.5) is 5.69 Å². The lowest BCUT2D eigenvalue weighted by atomic mass is 9.78. The number of benzene rings is 1. The highest BCUT2D eigenvalue weighted by molar-refractivity contribution is 5.96. The number of nitrogens with one attached hydrogen (secondary N) is 1. The highest BCUT2D eigenvalue weighted by atomic mass is 16.2. The second-order valence-corrected chi connectivity index (χ2v) is 8.65. The summed E-state index contributed by atoms with van der Waals surface area (Å²) in [7, 11) is 0. The van der Waals surface area contributed by atoms with Gasteiger partial charge in [0.15, 0.2) is 0 Å². The van der Waals surface area contributed by atoms with E-state index in [2.05, 4.69) is 10.2 Å². The molecule has 1 saturated heterocycles. The summed E-state index contributed by atoms with van der Waals surface area (Å²) in [4.78, 5) is 27.6. The van der Waals surface area contributed by atoms with Gasteiger partial charge in [0, 0.05) is 29.8 Å². The van der Waals surface area contributed by atoms with E-state index in [1.807, 2.05) is 24.3 Å². The summed E-state index contributed by atoms with van der Waals surface area (Å²) in [6.07, 6.45) is 13.0. The van der Waals surface area contributed by atoms with Crippen LogP contribution in [0, 0.1) is 11.8 Å². The largest absolute Gasteiger partial charge is 0.335 e. The van der Waals surface area contributed by atoms with Gasteiger partial charge in [0.1, 0.15) is 0 Å². The van der Waals surface area contributed by atoms with Crippen molar-refractivity contribution in [3.8, 4) is 0 Å². The van der Waals surface area contributed by atoms with Crippen LogP contribution in [0.1, 0.15) is 81.0 Å². The molecule has 146 valence electrons. The summed E-state index contributed by atoms with van der Waals surface area (Å²) in [5, 5.41) is 3.04. The van der Waals surface area contributed by atoms with Crippen LogP contribution in [-0.4, -0.2) is 29.3 Å². The van der Waals surface area contributed by atoms with Crippen molar-refractivity contribution in [1.29, 1.82) is 0 Å². The van der Waals surface area contributed by atoms with Gasteiger partial charge in [-0.15, -0.1) is 0 Å². The van der Waals surface area contributed by atoms with E-state index in [0.717, 1.165) is 56.3 Å². The number of nitrogens with zero attached hydrogens (tertiary/aromatic N) is 1. The normalized spacial score (nSPS) is 26.3. The standard InChI is InChI=1S/C23H32N2O2/c26-22(18-8-2-1-3-9-18)24-20-14-12-19(13-15-20)23(27)25-16-6-10-17-7-4-5-11-21(17)25/h12-15,17-18,21H,1-11,16H2,(H,24,26)/t17-,21+/m1/s1. The highest BCUT2D eigenvalue weighted by Gasteiger charge is 2.35. The Kier molecular flexibility index (Phi) is 5.80. The lowest BCUT2D eigenvalue weighted by molar-refractivity contribution is -0.120. The van der Waals surface area contributed by atoms with E-state index in [4.69, 9.17) is 0 Å². The lowest BCUT2D eigenvalue weighted by Gasteiger charge is -2.44.